The van der Waals surface area contributed by atoms with E-state index in [1.54, 1.807) is 0 Å². The van der Waals surface area contributed by atoms with Gasteiger partial charge in [0.05, 0.1) is 0 Å². The van der Waals surface area contributed by atoms with Crippen molar-refractivity contribution in [1.29, 1.82) is 0 Å². The number of hydrogen-bond donors (Lipinski definition) is 0. The summed E-state index contributed by atoms with van der Waals surface area (Å²) in [6, 6.07) is 0. The molecule has 0 saturated carbocycles. The van der Waals surface area contributed by atoms with E-state index in [1.807, 2.05) is 0 Å². The molecule has 3 atom stereocenters. The van der Waals surface area contributed by atoms with Crippen molar-refractivity contribution in [2.45, 2.75) is 54.8 Å². The lowest BCUT2D eigenvalue weighted by Gasteiger charge is -2.28. The van der Waals surface area contributed by atoms with Crippen LogP contribution >= 0.6 is 7.82 Å². The molecule has 0 aliphatic carbocycles. The highest BCUT2D eigenvalue weighted by Crippen LogP contribution is 2.54. The molecule has 0 aromatic rings. The normalized spacial score (nSPS) is 17.9. The Balaban J connectivity index is 5.86. The van der Waals surface area contributed by atoms with Gasteiger partial charge in [-0.3, -0.25) is 13.6 Å². The van der Waals surface area contributed by atoms with Crippen LogP contribution < -0.4 is 0 Å². The van der Waals surface area contributed by atoms with E-state index in [-0.39, 0.29) is 0 Å². The van der Waals surface area contributed by atoms with Gasteiger partial charge in [-0.2, -0.15) is 39.5 Å². The quantitative estimate of drug-likeness (QED) is 0.187. The van der Waals surface area contributed by atoms with Crippen LogP contribution in [0.5, 0.6) is 0 Å². The molecule has 35 heavy (non-hydrogen) atoms. The molecule has 0 fully saturated rings. The maximum atomic E-state index is 13.2. The summed E-state index contributed by atoms with van der Waals surface area (Å²) in [5.41, 5.74) is 0. The molecule has 0 amide bonds. The molecule has 0 aromatic heterocycles. The van der Waals surface area contributed by atoms with E-state index in [0.29, 0.717) is 0 Å². The monoisotopic (exact) mass is 590 g/mol. The van der Waals surface area contributed by atoms with Crippen molar-refractivity contribution in [2.24, 2.45) is 0 Å². The molecule has 0 aliphatic heterocycles. The van der Waals surface area contributed by atoms with Crippen molar-refractivity contribution in [1.82, 2.24) is 0 Å². The summed E-state index contributed by atoms with van der Waals surface area (Å²) in [6.07, 6.45) is -34.8. The predicted octanol–water partition coefficient (Wildman–Crippen LogP) is 6.75. The average molecular weight is 590 g/mol. The summed E-state index contributed by atoms with van der Waals surface area (Å²) in [5, 5.41) is 0. The molecule has 0 spiro atoms. The van der Waals surface area contributed by atoms with Gasteiger partial charge in [0.25, 0.3) is 18.5 Å². The molecular weight excluding hydrogens is 581 g/mol. The fraction of sp³-hybridized carbons (Fsp3) is 1.00. The number of alkyl halides is 18. The fourth-order valence-corrected chi connectivity index (χ4v) is 2.76. The first-order chi connectivity index (χ1) is 15.1. The van der Waals surface area contributed by atoms with Crippen LogP contribution in [0.4, 0.5) is 79.0 Å². The van der Waals surface area contributed by atoms with Gasteiger partial charge in [-0.05, 0) is 0 Å². The molecule has 23 heteroatoms. The minimum atomic E-state index is -6.83. The molecule has 0 heterocycles. The SMILES string of the molecule is O=P(OCC(F)(F)[C@H](F)C(F)(F)F)(OCC(F)(F)[C@@H](F)C(F)(F)F)OCC(F)(F)[C@@H](F)C(F)(F)F. The third-order valence-electron chi connectivity index (χ3n) is 3.22. The van der Waals surface area contributed by atoms with Gasteiger partial charge in [-0.15, -0.1) is 0 Å². The van der Waals surface area contributed by atoms with Crippen LogP contribution in [0.15, 0.2) is 0 Å². The van der Waals surface area contributed by atoms with Gasteiger partial charge in [0.2, 0.25) is 0 Å². The maximum Gasteiger partial charge on any atom is 0.475 e. The Bertz CT molecular complexity index is 635. The summed E-state index contributed by atoms with van der Waals surface area (Å²) in [7, 11) is -6.83. The molecule has 0 bridgehead atoms. The predicted molar refractivity (Wildman–Crippen MR) is 73.2 cm³/mol. The molecule has 0 rings (SSSR count). The van der Waals surface area contributed by atoms with Gasteiger partial charge < -0.3 is 0 Å². The molecule has 0 aliphatic rings. The smallest absolute Gasteiger partial charge is 0.280 e. The zero-order valence-electron chi connectivity index (χ0n) is 15.7. The minimum Gasteiger partial charge on any atom is -0.280 e. The standard InChI is InChI=1S/C12H9F18O4P/c13-4(10(22,23)24)7(16,17)1-32-35(31,33-2-8(18,19)5(14)11(25,26)27)34-3-9(20,21)6(15)12(28,29)30/h4-6H,1-3H2/t4-,5-,6+/m1/s1. The van der Waals surface area contributed by atoms with Gasteiger partial charge in [0.1, 0.15) is 19.8 Å². The van der Waals surface area contributed by atoms with Crippen molar-refractivity contribution in [2.75, 3.05) is 19.8 Å². The van der Waals surface area contributed by atoms with Gasteiger partial charge in [-0.1, -0.05) is 0 Å². The zero-order chi connectivity index (χ0) is 28.5. The van der Waals surface area contributed by atoms with E-state index in [9.17, 15) is 83.6 Å². The Kier molecular flexibility index (Phi) is 10.3. The Hall–Kier alpha value is -1.15. The molecule has 0 aromatic carbocycles. The van der Waals surface area contributed by atoms with Crippen LogP contribution in [-0.2, 0) is 18.1 Å². The van der Waals surface area contributed by atoms with E-state index in [2.05, 4.69) is 13.6 Å². The van der Waals surface area contributed by atoms with E-state index in [4.69, 9.17) is 0 Å². The van der Waals surface area contributed by atoms with E-state index >= 15 is 0 Å². The maximum absolute atomic E-state index is 13.2. The van der Waals surface area contributed by atoms with Gasteiger partial charge in [-0.25, -0.2) is 44.1 Å². The van der Waals surface area contributed by atoms with Crippen LogP contribution in [-0.4, -0.2) is 74.6 Å². The highest BCUT2D eigenvalue weighted by atomic mass is 31.2. The number of phosphoric acid groups is 1. The lowest BCUT2D eigenvalue weighted by molar-refractivity contribution is -0.256. The highest BCUT2D eigenvalue weighted by molar-refractivity contribution is 7.48. The number of phosphoric ester groups is 1. The summed E-state index contributed by atoms with van der Waals surface area (Å²) in [6.45, 7) is -9.71. The van der Waals surface area contributed by atoms with Crippen LogP contribution in [0.3, 0.4) is 0 Å². The van der Waals surface area contributed by atoms with E-state index < -0.39 is 82.5 Å². The Morgan fingerprint density at radius 2 is 0.629 bits per heavy atom. The molecule has 0 saturated heterocycles. The second-order valence-corrected chi connectivity index (χ2v) is 7.93. The van der Waals surface area contributed by atoms with Crippen LogP contribution in [0, 0.1) is 0 Å². The van der Waals surface area contributed by atoms with E-state index in [1.165, 1.54) is 0 Å². The largest absolute Gasteiger partial charge is 0.475 e. The molecule has 4 nitrogen and oxygen atoms in total. The van der Waals surface area contributed by atoms with Crippen LogP contribution in [0.25, 0.3) is 0 Å². The minimum absolute atomic E-state index is 3.18. The molecule has 0 radical (unpaired) electrons. The van der Waals surface area contributed by atoms with Crippen molar-refractivity contribution in [3.8, 4) is 0 Å². The zero-order valence-corrected chi connectivity index (χ0v) is 16.6. The number of rotatable bonds is 12. The van der Waals surface area contributed by atoms with Crippen molar-refractivity contribution < 1.29 is 97.2 Å². The lowest BCUT2D eigenvalue weighted by atomic mass is 10.2. The first kappa shape index (κ1) is 33.8. The summed E-state index contributed by atoms with van der Waals surface area (Å²) < 4.78 is 247. The third-order valence-corrected chi connectivity index (χ3v) is 4.56. The first-order valence-corrected chi connectivity index (χ1v) is 9.34. The number of halogens is 18. The molecule has 212 valence electrons. The Morgan fingerprint density at radius 3 is 0.771 bits per heavy atom. The topological polar surface area (TPSA) is 44.8 Å². The summed E-state index contributed by atoms with van der Waals surface area (Å²) in [4.78, 5) is 0. The second kappa shape index (κ2) is 10.7. The van der Waals surface area contributed by atoms with Crippen molar-refractivity contribution >= 4 is 7.82 Å². The fourth-order valence-electron chi connectivity index (χ4n) is 1.54. The van der Waals surface area contributed by atoms with Gasteiger partial charge >= 0.3 is 44.1 Å². The second-order valence-electron chi connectivity index (χ2n) is 6.26. The van der Waals surface area contributed by atoms with Gasteiger partial charge in [0, 0.05) is 0 Å². The average Bonchev–Trinajstić information content (AvgIpc) is 2.66. The Morgan fingerprint density at radius 1 is 0.457 bits per heavy atom. The van der Waals surface area contributed by atoms with Crippen LogP contribution in [0.2, 0.25) is 0 Å². The molecule has 0 unspecified atom stereocenters. The Labute approximate surface area is 181 Å². The summed E-state index contributed by atoms with van der Waals surface area (Å²) in [5.74, 6) is -17.6. The van der Waals surface area contributed by atoms with Gasteiger partial charge in [0.15, 0.2) is 0 Å². The summed E-state index contributed by atoms with van der Waals surface area (Å²) >= 11 is 0. The molecule has 0 N–H and O–H groups in total. The van der Waals surface area contributed by atoms with Crippen LogP contribution in [0.1, 0.15) is 0 Å². The number of hydrogen-bond acceptors (Lipinski definition) is 4. The third kappa shape index (κ3) is 10.0. The van der Waals surface area contributed by atoms with E-state index in [0.717, 1.165) is 0 Å². The first-order valence-electron chi connectivity index (χ1n) is 7.88. The lowest BCUT2D eigenvalue weighted by Crippen LogP contribution is -2.46. The van der Waals surface area contributed by atoms with Crippen molar-refractivity contribution in [3.05, 3.63) is 0 Å². The highest BCUT2D eigenvalue weighted by Gasteiger charge is 2.61. The van der Waals surface area contributed by atoms with Crippen molar-refractivity contribution in [3.63, 3.8) is 0 Å². The molecular formula is C12H9F18O4P.